The summed E-state index contributed by atoms with van der Waals surface area (Å²) >= 11 is 0. The van der Waals surface area contributed by atoms with E-state index in [0.29, 0.717) is 6.61 Å². The summed E-state index contributed by atoms with van der Waals surface area (Å²) in [7, 11) is 0. The minimum Gasteiger partial charge on any atom is -0.450 e. The lowest BCUT2D eigenvalue weighted by Crippen LogP contribution is -2.25. The fourth-order valence-corrected chi connectivity index (χ4v) is 1.74. The van der Waals surface area contributed by atoms with Crippen molar-refractivity contribution in [3.8, 4) is 0 Å². The summed E-state index contributed by atoms with van der Waals surface area (Å²) in [6.45, 7) is 7.19. The summed E-state index contributed by atoms with van der Waals surface area (Å²) in [4.78, 5) is 11.2. The molecule has 1 N–H and O–H groups in total. The van der Waals surface area contributed by atoms with Gasteiger partial charge in [-0.1, -0.05) is 65.2 Å². The molecule has 107 valence electrons. The van der Waals surface area contributed by atoms with Crippen molar-refractivity contribution in [1.29, 1.82) is 0 Å². The normalized spacial score (nSPS) is 10.3. The van der Waals surface area contributed by atoms with Gasteiger partial charge in [0.1, 0.15) is 0 Å². The van der Waals surface area contributed by atoms with E-state index in [0.717, 1.165) is 32.2 Å². The Morgan fingerprint density at radius 1 is 1.00 bits per heavy atom. The molecule has 1 amide bonds. The minimum atomic E-state index is -0.265. The van der Waals surface area contributed by atoms with Crippen molar-refractivity contribution in [1.82, 2.24) is 5.32 Å². The van der Waals surface area contributed by atoms with E-state index in [9.17, 15) is 4.79 Å². The highest BCUT2D eigenvalue weighted by atomic mass is 16.5. The van der Waals surface area contributed by atoms with Crippen molar-refractivity contribution in [2.45, 2.75) is 71.1 Å². The van der Waals surface area contributed by atoms with E-state index in [1.54, 1.807) is 0 Å². The fraction of sp³-hybridized carbons (Fsp3) is 0.867. The van der Waals surface area contributed by atoms with Crippen LogP contribution < -0.4 is 5.32 Å². The number of ether oxygens (including phenoxy) is 1. The molecule has 0 aromatic carbocycles. The lowest BCUT2D eigenvalue weighted by atomic mass is 10.1. The van der Waals surface area contributed by atoms with Crippen molar-refractivity contribution >= 4 is 6.09 Å². The third-order valence-electron chi connectivity index (χ3n) is 2.93. The van der Waals surface area contributed by atoms with Gasteiger partial charge in [-0.15, -0.1) is 0 Å². The third-order valence-corrected chi connectivity index (χ3v) is 2.93. The lowest BCUT2D eigenvalue weighted by Gasteiger charge is -2.06. The first-order valence-corrected chi connectivity index (χ1v) is 7.51. The van der Waals surface area contributed by atoms with Crippen LogP contribution in [0.15, 0.2) is 0 Å². The predicted octanol–water partition coefficient (Wildman–Crippen LogP) is 4.47. The van der Waals surface area contributed by atoms with Crippen LogP contribution in [-0.4, -0.2) is 19.2 Å². The fourth-order valence-electron chi connectivity index (χ4n) is 1.74. The van der Waals surface area contributed by atoms with Gasteiger partial charge in [-0.05, 0) is 12.8 Å². The molecule has 0 saturated heterocycles. The Morgan fingerprint density at radius 2 is 1.61 bits per heavy atom. The van der Waals surface area contributed by atoms with Crippen LogP contribution in [0.1, 0.15) is 71.1 Å². The number of alkyl carbamates (subject to hydrolysis) is 1. The van der Waals surface area contributed by atoms with Gasteiger partial charge in [-0.2, -0.15) is 0 Å². The first-order valence-electron chi connectivity index (χ1n) is 7.51. The van der Waals surface area contributed by atoms with E-state index in [4.69, 9.17) is 4.74 Å². The number of hydrogen-bond donors (Lipinski definition) is 1. The van der Waals surface area contributed by atoms with Crippen LogP contribution in [-0.2, 0) is 4.74 Å². The monoisotopic (exact) mass is 256 g/mol. The summed E-state index contributed by atoms with van der Waals surface area (Å²) in [5.41, 5.74) is 0. The zero-order chi connectivity index (χ0) is 13.5. The largest absolute Gasteiger partial charge is 0.450 e. The highest BCUT2D eigenvalue weighted by Crippen LogP contribution is 2.07. The number of hydrogen-bond acceptors (Lipinski definition) is 2. The van der Waals surface area contributed by atoms with Crippen LogP contribution in [0.2, 0.25) is 0 Å². The van der Waals surface area contributed by atoms with E-state index in [-0.39, 0.29) is 6.09 Å². The van der Waals surface area contributed by atoms with E-state index in [1.807, 2.05) is 0 Å². The summed E-state index contributed by atoms with van der Waals surface area (Å²) in [5, 5.41) is 2.78. The molecule has 0 unspecified atom stereocenters. The second-order valence-corrected chi connectivity index (χ2v) is 4.74. The standard InChI is InChI=1S/C15H30NO2/c1-3-5-7-8-9-10-11-12-13-16-15(17)18-14-6-4-2/h1,3-14H2,2H3,(H,16,17). The highest BCUT2D eigenvalue weighted by molar-refractivity contribution is 5.66. The van der Waals surface area contributed by atoms with E-state index < -0.39 is 0 Å². The Balaban J connectivity index is 3.08. The van der Waals surface area contributed by atoms with Gasteiger partial charge in [0.2, 0.25) is 0 Å². The predicted molar refractivity (Wildman–Crippen MR) is 76.6 cm³/mol. The average Bonchev–Trinajstić information content (AvgIpc) is 2.37. The van der Waals surface area contributed by atoms with Crippen molar-refractivity contribution in [2.24, 2.45) is 0 Å². The van der Waals surface area contributed by atoms with Crippen molar-refractivity contribution in [2.75, 3.05) is 13.2 Å². The van der Waals surface area contributed by atoms with Crippen LogP contribution >= 0.6 is 0 Å². The summed E-state index contributed by atoms with van der Waals surface area (Å²) < 4.78 is 5.00. The van der Waals surface area contributed by atoms with Gasteiger partial charge in [0, 0.05) is 6.54 Å². The molecule has 3 heteroatoms. The first-order chi connectivity index (χ1) is 8.81. The molecule has 0 aliphatic heterocycles. The number of carbonyl (C=O) groups is 1. The van der Waals surface area contributed by atoms with E-state index >= 15 is 0 Å². The minimum absolute atomic E-state index is 0.265. The van der Waals surface area contributed by atoms with Gasteiger partial charge in [0.25, 0.3) is 0 Å². The molecule has 1 radical (unpaired) electrons. The van der Waals surface area contributed by atoms with Crippen molar-refractivity contribution < 1.29 is 9.53 Å². The van der Waals surface area contributed by atoms with Crippen molar-refractivity contribution in [3.63, 3.8) is 0 Å². The number of unbranched alkanes of at least 4 members (excludes halogenated alkanes) is 8. The number of amides is 1. The Morgan fingerprint density at radius 3 is 2.22 bits per heavy atom. The molecule has 0 fully saturated rings. The zero-order valence-corrected chi connectivity index (χ0v) is 12.0. The van der Waals surface area contributed by atoms with E-state index in [1.165, 1.54) is 38.5 Å². The van der Waals surface area contributed by atoms with Crippen LogP contribution in [0.25, 0.3) is 0 Å². The molecule has 0 aromatic rings. The summed E-state index contributed by atoms with van der Waals surface area (Å²) in [6, 6.07) is 0. The Kier molecular flexibility index (Phi) is 13.8. The first kappa shape index (κ1) is 17.3. The maximum Gasteiger partial charge on any atom is 0.407 e. The Bertz CT molecular complexity index is 183. The number of rotatable bonds is 12. The molecule has 0 aliphatic carbocycles. The van der Waals surface area contributed by atoms with Gasteiger partial charge in [0.15, 0.2) is 0 Å². The van der Waals surface area contributed by atoms with Gasteiger partial charge in [-0.3, -0.25) is 0 Å². The molecule has 0 atom stereocenters. The SMILES string of the molecule is [CH2]CCCCCCCCCNC(=O)OCCCC. The van der Waals surface area contributed by atoms with Gasteiger partial charge >= 0.3 is 6.09 Å². The molecule has 0 rings (SSSR count). The Labute approximate surface area is 113 Å². The molecule has 0 aromatic heterocycles. The molecule has 0 aliphatic rings. The smallest absolute Gasteiger partial charge is 0.407 e. The highest BCUT2D eigenvalue weighted by Gasteiger charge is 1.99. The quantitative estimate of drug-likeness (QED) is 0.523. The number of carbonyl (C=O) groups excluding carboxylic acids is 1. The van der Waals surface area contributed by atoms with Crippen LogP contribution in [0.5, 0.6) is 0 Å². The number of nitrogens with one attached hydrogen (secondary N) is 1. The van der Waals surface area contributed by atoms with E-state index in [2.05, 4.69) is 19.2 Å². The molecule has 18 heavy (non-hydrogen) atoms. The van der Waals surface area contributed by atoms with Crippen LogP contribution in [0.4, 0.5) is 4.79 Å². The van der Waals surface area contributed by atoms with Gasteiger partial charge < -0.3 is 10.1 Å². The molecule has 0 bridgehead atoms. The molecule has 0 heterocycles. The molecule has 0 spiro atoms. The average molecular weight is 256 g/mol. The molecule has 0 saturated carbocycles. The second-order valence-electron chi connectivity index (χ2n) is 4.74. The maximum absolute atomic E-state index is 11.2. The summed E-state index contributed by atoms with van der Waals surface area (Å²) in [5.74, 6) is 0. The maximum atomic E-state index is 11.2. The topological polar surface area (TPSA) is 38.3 Å². The van der Waals surface area contributed by atoms with Crippen LogP contribution in [0, 0.1) is 6.92 Å². The third kappa shape index (κ3) is 13.3. The second kappa shape index (κ2) is 14.3. The molecular weight excluding hydrogens is 226 g/mol. The Hall–Kier alpha value is -0.730. The van der Waals surface area contributed by atoms with Crippen LogP contribution in [0.3, 0.4) is 0 Å². The summed E-state index contributed by atoms with van der Waals surface area (Å²) in [6.07, 6.45) is 11.5. The molecular formula is C15H30NO2. The van der Waals surface area contributed by atoms with Gasteiger partial charge in [0.05, 0.1) is 6.61 Å². The van der Waals surface area contributed by atoms with Crippen molar-refractivity contribution in [3.05, 3.63) is 6.92 Å². The lowest BCUT2D eigenvalue weighted by molar-refractivity contribution is 0.144. The van der Waals surface area contributed by atoms with Gasteiger partial charge in [-0.25, -0.2) is 4.79 Å². The zero-order valence-electron chi connectivity index (χ0n) is 12.0. The molecule has 3 nitrogen and oxygen atoms in total.